The molecule has 0 saturated heterocycles. The van der Waals surface area contributed by atoms with Crippen LogP contribution in [0.15, 0.2) is 48.5 Å². The molecule has 0 fully saturated rings. The highest BCUT2D eigenvalue weighted by Crippen LogP contribution is 2.44. The van der Waals surface area contributed by atoms with Crippen LogP contribution in [0.5, 0.6) is 0 Å². The minimum absolute atomic E-state index is 0.0257. The fourth-order valence-corrected chi connectivity index (χ4v) is 4.24. The fraction of sp³-hybridized carbons (Fsp3) is 0.423. The van der Waals surface area contributed by atoms with Crippen LogP contribution in [0.3, 0.4) is 0 Å². The summed E-state index contributed by atoms with van der Waals surface area (Å²) in [7, 11) is 0. The van der Waals surface area contributed by atoms with E-state index in [0.717, 1.165) is 22.3 Å². The summed E-state index contributed by atoms with van der Waals surface area (Å²) < 4.78 is 5.45. The van der Waals surface area contributed by atoms with E-state index in [-0.39, 0.29) is 43.4 Å². The van der Waals surface area contributed by atoms with Crippen LogP contribution in [0.2, 0.25) is 0 Å². The summed E-state index contributed by atoms with van der Waals surface area (Å²) in [5.74, 6) is -1.91. The van der Waals surface area contributed by atoms with Gasteiger partial charge >= 0.3 is 12.1 Å². The Kier molecular flexibility index (Phi) is 7.74. The summed E-state index contributed by atoms with van der Waals surface area (Å²) in [6.45, 7) is 6.27. The summed E-state index contributed by atoms with van der Waals surface area (Å²) in [6, 6.07) is 16.2. The third-order valence-electron chi connectivity index (χ3n) is 5.72. The third-order valence-corrected chi connectivity index (χ3v) is 5.72. The predicted octanol–water partition coefficient (Wildman–Crippen LogP) is 4.17. The average Bonchev–Trinajstić information content (AvgIpc) is 3.08. The van der Waals surface area contributed by atoms with Gasteiger partial charge in [0.05, 0.1) is 5.92 Å². The lowest BCUT2D eigenvalue weighted by Gasteiger charge is -2.23. The molecule has 0 heterocycles. The lowest BCUT2D eigenvalue weighted by Crippen LogP contribution is -2.37. The number of hydrogen-bond acceptors (Lipinski definition) is 4. The van der Waals surface area contributed by atoms with E-state index >= 15 is 0 Å². The van der Waals surface area contributed by atoms with Crippen LogP contribution in [0.25, 0.3) is 11.1 Å². The number of fused-ring (bicyclic) bond motifs is 3. The van der Waals surface area contributed by atoms with Crippen LogP contribution in [0, 0.1) is 11.3 Å². The van der Waals surface area contributed by atoms with E-state index in [4.69, 9.17) is 4.74 Å². The normalized spacial score (nSPS) is 13.5. The summed E-state index contributed by atoms with van der Waals surface area (Å²) in [4.78, 5) is 35.6. The molecule has 33 heavy (non-hydrogen) atoms. The first-order valence-corrected chi connectivity index (χ1v) is 11.2. The Labute approximate surface area is 194 Å². The van der Waals surface area contributed by atoms with Crippen molar-refractivity contribution in [1.82, 2.24) is 10.6 Å². The largest absolute Gasteiger partial charge is 0.481 e. The van der Waals surface area contributed by atoms with Crippen LogP contribution in [0.4, 0.5) is 4.79 Å². The number of hydrogen-bond donors (Lipinski definition) is 3. The molecule has 1 aliphatic rings. The lowest BCUT2D eigenvalue weighted by atomic mass is 9.84. The number of carboxylic acid groups (broad SMARTS) is 1. The van der Waals surface area contributed by atoms with Crippen molar-refractivity contribution < 1.29 is 24.2 Å². The molecule has 2 aromatic carbocycles. The monoisotopic (exact) mass is 452 g/mol. The second-order valence-electron chi connectivity index (χ2n) is 9.61. The molecular formula is C26H32N2O5. The molecule has 0 saturated carbocycles. The summed E-state index contributed by atoms with van der Waals surface area (Å²) >= 11 is 0. The molecular weight excluding hydrogens is 420 g/mol. The van der Waals surface area contributed by atoms with Gasteiger partial charge in [-0.25, -0.2) is 4.79 Å². The molecule has 2 aromatic rings. The molecule has 176 valence electrons. The van der Waals surface area contributed by atoms with Gasteiger partial charge in [0.1, 0.15) is 6.61 Å². The molecule has 2 amide bonds. The summed E-state index contributed by atoms with van der Waals surface area (Å²) in [5, 5.41) is 14.6. The molecule has 7 heteroatoms. The molecule has 3 rings (SSSR count). The van der Waals surface area contributed by atoms with E-state index in [9.17, 15) is 19.5 Å². The number of rotatable bonds is 9. The zero-order valence-electron chi connectivity index (χ0n) is 19.4. The van der Waals surface area contributed by atoms with Gasteiger partial charge in [0.2, 0.25) is 5.91 Å². The van der Waals surface area contributed by atoms with Crippen molar-refractivity contribution in [1.29, 1.82) is 0 Å². The van der Waals surface area contributed by atoms with Crippen LogP contribution in [0.1, 0.15) is 50.7 Å². The maximum atomic E-state index is 12.2. The number of nitrogens with one attached hydrogen (secondary N) is 2. The molecule has 0 aliphatic heterocycles. The molecule has 1 atom stereocenters. The number of alkyl carbamates (subject to hydrolysis) is 1. The number of carboxylic acids is 1. The van der Waals surface area contributed by atoms with Gasteiger partial charge in [-0.3, -0.25) is 9.59 Å². The van der Waals surface area contributed by atoms with E-state index in [1.807, 2.05) is 45.0 Å². The Morgan fingerprint density at radius 3 is 2.09 bits per heavy atom. The Balaban J connectivity index is 1.42. The van der Waals surface area contributed by atoms with E-state index in [2.05, 4.69) is 34.9 Å². The van der Waals surface area contributed by atoms with Gasteiger partial charge in [0.15, 0.2) is 0 Å². The smallest absolute Gasteiger partial charge is 0.407 e. The van der Waals surface area contributed by atoms with Crippen LogP contribution < -0.4 is 10.6 Å². The highest BCUT2D eigenvalue weighted by molar-refractivity contribution is 5.79. The third kappa shape index (κ3) is 6.57. The van der Waals surface area contributed by atoms with Gasteiger partial charge < -0.3 is 20.5 Å². The zero-order chi connectivity index (χ0) is 24.0. The van der Waals surface area contributed by atoms with Gasteiger partial charge in [0, 0.05) is 25.4 Å². The van der Waals surface area contributed by atoms with Crippen molar-refractivity contribution in [3.05, 3.63) is 59.7 Å². The van der Waals surface area contributed by atoms with Crippen molar-refractivity contribution in [3.63, 3.8) is 0 Å². The lowest BCUT2D eigenvalue weighted by molar-refractivity contribution is -0.142. The number of carbonyl (C=O) groups excluding carboxylic acids is 2. The minimum atomic E-state index is -0.929. The van der Waals surface area contributed by atoms with Crippen LogP contribution in [-0.2, 0) is 14.3 Å². The molecule has 1 unspecified atom stereocenters. The predicted molar refractivity (Wildman–Crippen MR) is 126 cm³/mol. The van der Waals surface area contributed by atoms with Crippen molar-refractivity contribution in [2.45, 2.75) is 39.5 Å². The van der Waals surface area contributed by atoms with E-state index < -0.39 is 18.0 Å². The van der Waals surface area contributed by atoms with Crippen molar-refractivity contribution in [3.8, 4) is 11.1 Å². The van der Waals surface area contributed by atoms with Gasteiger partial charge in [-0.1, -0.05) is 69.3 Å². The second-order valence-corrected chi connectivity index (χ2v) is 9.61. The van der Waals surface area contributed by atoms with Crippen LogP contribution in [-0.4, -0.2) is 42.8 Å². The summed E-state index contributed by atoms with van der Waals surface area (Å²) in [5.41, 5.74) is 4.43. The van der Waals surface area contributed by atoms with E-state index in [1.54, 1.807) is 0 Å². The summed E-state index contributed by atoms with van der Waals surface area (Å²) in [6.07, 6.45) is -0.0760. The Morgan fingerprint density at radius 2 is 1.55 bits per heavy atom. The second kappa shape index (κ2) is 10.5. The zero-order valence-corrected chi connectivity index (χ0v) is 19.4. The van der Waals surface area contributed by atoms with Crippen LogP contribution >= 0.6 is 0 Å². The fourth-order valence-electron chi connectivity index (χ4n) is 4.24. The van der Waals surface area contributed by atoms with Crippen molar-refractivity contribution in [2.75, 3.05) is 19.7 Å². The Bertz CT molecular complexity index is 966. The first-order chi connectivity index (χ1) is 15.7. The average molecular weight is 453 g/mol. The number of benzene rings is 2. The van der Waals surface area contributed by atoms with E-state index in [1.165, 1.54) is 0 Å². The molecule has 0 aromatic heterocycles. The molecule has 3 N–H and O–H groups in total. The van der Waals surface area contributed by atoms with E-state index in [0.29, 0.717) is 6.42 Å². The van der Waals surface area contributed by atoms with Gasteiger partial charge in [-0.15, -0.1) is 0 Å². The van der Waals surface area contributed by atoms with Gasteiger partial charge in [0.25, 0.3) is 0 Å². The molecule has 7 nitrogen and oxygen atoms in total. The maximum Gasteiger partial charge on any atom is 0.407 e. The molecule has 0 bridgehead atoms. The highest BCUT2D eigenvalue weighted by Gasteiger charge is 2.29. The standard InChI is InChI=1S/C26H32N2O5/c1-26(2,3)14-17(24(30)31)15-28-23(29)12-13-27-25(32)33-16-22-20-10-6-4-8-18(20)19-9-5-7-11-21(19)22/h4-11,17,22H,12-16H2,1-3H3,(H,27,32)(H,28,29)(H,30,31). The molecule has 1 aliphatic carbocycles. The topological polar surface area (TPSA) is 105 Å². The number of ether oxygens (including phenoxy) is 1. The van der Waals surface area contributed by atoms with Crippen molar-refractivity contribution in [2.24, 2.45) is 11.3 Å². The SMILES string of the molecule is CC(C)(C)CC(CNC(=O)CCNC(=O)OCC1c2ccccc2-c2ccccc21)C(=O)O. The Morgan fingerprint density at radius 1 is 0.970 bits per heavy atom. The first kappa shape index (κ1) is 24.3. The van der Waals surface area contributed by atoms with Gasteiger partial charge in [-0.2, -0.15) is 0 Å². The molecule has 0 radical (unpaired) electrons. The maximum absolute atomic E-state index is 12.2. The van der Waals surface area contributed by atoms with Crippen molar-refractivity contribution >= 4 is 18.0 Å². The number of carbonyl (C=O) groups is 3. The molecule has 0 spiro atoms. The first-order valence-electron chi connectivity index (χ1n) is 11.2. The highest BCUT2D eigenvalue weighted by atomic mass is 16.5. The minimum Gasteiger partial charge on any atom is -0.481 e. The number of aliphatic carboxylic acids is 1. The van der Waals surface area contributed by atoms with Gasteiger partial charge in [-0.05, 0) is 34.1 Å². The number of amides is 2. The quantitative estimate of drug-likeness (QED) is 0.530. The Hall–Kier alpha value is -3.35.